The Hall–Kier alpha value is -1.35. The first-order chi connectivity index (χ1) is 9.70. The van der Waals surface area contributed by atoms with E-state index in [4.69, 9.17) is 5.11 Å². The van der Waals surface area contributed by atoms with Crippen LogP contribution in [-0.4, -0.2) is 17.1 Å². The number of carboxylic acid groups (broad SMARTS) is 1. The van der Waals surface area contributed by atoms with E-state index >= 15 is 0 Å². The van der Waals surface area contributed by atoms with Crippen LogP contribution in [0.15, 0.2) is 24.3 Å². The average molecular weight is 275 g/mol. The highest BCUT2D eigenvalue weighted by Crippen LogP contribution is 2.33. The van der Waals surface area contributed by atoms with E-state index in [1.807, 2.05) is 6.92 Å². The van der Waals surface area contributed by atoms with Crippen molar-refractivity contribution in [3.63, 3.8) is 0 Å². The topological polar surface area (TPSA) is 49.3 Å². The van der Waals surface area contributed by atoms with Crippen LogP contribution in [0.1, 0.15) is 62.5 Å². The zero-order chi connectivity index (χ0) is 14.4. The Morgan fingerprint density at radius 1 is 1.30 bits per heavy atom. The lowest BCUT2D eigenvalue weighted by Gasteiger charge is -2.14. The molecule has 1 atom stereocenters. The molecule has 0 aliphatic heterocycles. The van der Waals surface area contributed by atoms with E-state index < -0.39 is 12.0 Å². The molecule has 0 spiro atoms. The van der Waals surface area contributed by atoms with Gasteiger partial charge in [-0.15, -0.1) is 0 Å². The van der Waals surface area contributed by atoms with Gasteiger partial charge in [0.25, 0.3) is 0 Å². The van der Waals surface area contributed by atoms with Gasteiger partial charge in [-0.25, -0.2) is 0 Å². The molecule has 1 saturated carbocycles. The van der Waals surface area contributed by atoms with E-state index in [9.17, 15) is 4.79 Å². The van der Waals surface area contributed by atoms with Gasteiger partial charge in [0, 0.05) is 6.54 Å². The van der Waals surface area contributed by atoms with E-state index in [2.05, 4.69) is 29.6 Å². The van der Waals surface area contributed by atoms with Gasteiger partial charge in [-0.1, -0.05) is 50.5 Å². The van der Waals surface area contributed by atoms with Crippen molar-refractivity contribution in [2.45, 2.75) is 64.0 Å². The molecule has 20 heavy (non-hydrogen) atoms. The molecule has 3 nitrogen and oxygen atoms in total. The lowest BCUT2D eigenvalue weighted by atomic mass is 9.97. The molecule has 0 aromatic heterocycles. The number of hydrogen-bond acceptors (Lipinski definition) is 2. The predicted octanol–water partition coefficient (Wildman–Crippen LogP) is 3.69. The van der Waals surface area contributed by atoms with Crippen molar-refractivity contribution in [3.05, 3.63) is 35.4 Å². The highest BCUT2D eigenvalue weighted by molar-refractivity contribution is 5.73. The Morgan fingerprint density at radius 3 is 2.50 bits per heavy atom. The van der Waals surface area contributed by atoms with E-state index in [1.54, 1.807) is 0 Å². The fraction of sp³-hybridized carbons (Fsp3) is 0.588. The fourth-order valence-electron chi connectivity index (χ4n) is 3.01. The van der Waals surface area contributed by atoms with Gasteiger partial charge in [-0.05, 0) is 36.3 Å². The van der Waals surface area contributed by atoms with Crippen LogP contribution in [0.5, 0.6) is 0 Å². The van der Waals surface area contributed by atoms with Crippen molar-refractivity contribution in [2.75, 3.05) is 0 Å². The minimum Gasteiger partial charge on any atom is -0.480 e. The van der Waals surface area contributed by atoms with Crippen LogP contribution in [-0.2, 0) is 11.3 Å². The second-order valence-corrected chi connectivity index (χ2v) is 5.78. The number of hydrogen-bond donors (Lipinski definition) is 2. The van der Waals surface area contributed by atoms with E-state index in [1.165, 1.54) is 31.2 Å². The van der Waals surface area contributed by atoms with Crippen molar-refractivity contribution < 1.29 is 9.90 Å². The van der Waals surface area contributed by atoms with Gasteiger partial charge in [0.15, 0.2) is 0 Å². The molecule has 0 heterocycles. The van der Waals surface area contributed by atoms with Crippen molar-refractivity contribution in [3.8, 4) is 0 Å². The van der Waals surface area contributed by atoms with Crippen LogP contribution < -0.4 is 5.32 Å². The smallest absolute Gasteiger partial charge is 0.320 e. The molecule has 2 N–H and O–H groups in total. The van der Waals surface area contributed by atoms with Crippen LogP contribution in [0.3, 0.4) is 0 Å². The molecule has 1 aromatic rings. The molecule has 2 rings (SSSR count). The monoisotopic (exact) mass is 275 g/mol. The van der Waals surface area contributed by atoms with Gasteiger partial charge in [0.05, 0.1) is 0 Å². The number of rotatable bonds is 7. The summed E-state index contributed by atoms with van der Waals surface area (Å²) in [5.41, 5.74) is 2.60. The number of benzene rings is 1. The first-order valence-corrected chi connectivity index (χ1v) is 7.75. The molecule has 110 valence electrons. The van der Waals surface area contributed by atoms with E-state index in [0.29, 0.717) is 13.0 Å². The third kappa shape index (κ3) is 4.07. The van der Waals surface area contributed by atoms with Crippen LogP contribution in [0.25, 0.3) is 0 Å². The molecule has 0 radical (unpaired) electrons. The third-order valence-electron chi connectivity index (χ3n) is 4.23. The lowest BCUT2D eigenvalue weighted by Crippen LogP contribution is -2.35. The molecule has 1 fully saturated rings. The van der Waals surface area contributed by atoms with Crippen LogP contribution in [0.4, 0.5) is 0 Å². The Kier molecular flexibility index (Phi) is 5.60. The Balaban J connectivity index is 1.88. The maximum absolute atomic E-state index is 11.1. The molecule has 3 heteroatoms. The van der Waals surface area contributed by atoms with Gasteiger partial charge in [-0.3, -0.25) is 4.79 Å². The summed E-state index contributed by atoms with van der Waals surface area (Å²) in [5, 5.41) is 12.2. The van der Waals surface area contributed by atoms with Crippen LogP contribution >= 0.6 is 0 Å². The second kappa shape index (κ2) is 7.44. The summed E-state index contributed by atoms with van der Waals surface area (Å²) in [5.74, 6) is -0.0155. The Bertz CT molecular complexity index is 421. The van der Waals surface area contributed by atoms with Gasteiger partial charge in [0.2, 0.25) is 0 Å². The minimum absolute atomic E-state index is 0.436. The van der Waals surface area contributed by atoms with Gasteiger partial charge in [-0.2, -0.15) is 0 Å². The van der Waals surface area contributed by atoms with Crippen molar-refractivity contribution >= 4 is 5.97 Å². The van der Waals surface area contributed by atoms with Crippen LogP contribution in [0.2, 0.25) is 0 Å². The number of carbonyl (C=O) groups is 1. The number of carboxylic acids is 1. The molecular formula is C17H25NO2. The quantitative estimate of drug-likeness (QED) is 0.798. The SMILES string of the molecule is CCCC(NCc1ccc(C2CCCC2)cc1)C(=O)O. The predicted molar refractivity (Wildman–Crippen MR) is 80.8 cm³/mol. The molecule has 0 bridgehead atoms. The highest BCUT2D eigenvalue weighted by atomic mass is 16.4. The normalized spacial score (nSPS) is 17.2. The first kappa shape index (κ1) is 15.0. The molecular weight excluding hydrogens is 250 g/mol. The molecule has 1 unspecified atom stereocenters. The third-order valence-corrected chi connectivity index (χ3v) is 4.23. The number of nitrogens with one attached hydrogen (secondary N) is 1. The van der Waals surface area contributed by atoms with Gasteiger partial charge < -0.3 is 10.4 Å². The molecule has 1 aromatic carbocycles. The molecule has 0 saturated heterocycles. The summed E-state index contributed by atoms with van der Waals surface area (Å²) < 4.78 is 0. The summed E-state index contributed by atoms with van der Waals surface area (Å²) in [6.07, 6.45) is 6.89. The summed E-state index contributed by atoms with van der Waals surface area (Å²) in [4.78, 5) is 11.1. The zero-order valence-electron chi connectivity index (χ0n) is 12.3. The fourth-order valence-corrected chi connectivity index (χ4v) is 3.01. The summed E-state index contributed by atoms with van der Waals surface area (Å²) in [7, 11) is 0. The average Bonchev–Trinajstić information content (AvgIpc) is 2.98. The largest absolute Gasteiger partial charge is 0.480 e. The summed E-state index contributed by atoms with van der Waals surface area (Å²) >= 11 is 0. The first-order valence-electron chi connectivity index (χ1n) is 7.75. The van der Waals surface area contributed by atoms with Crippen molar-refractivity contribution in [1.29, 1.82) is 0 Å². The molecule has 1 aliphatic carbocycles. The van der Waals surface area contributed by atoms with E-state index in [-0.39, 0.29) is 0 Å². The standard InChI is InChI=1S/C17H25NO2/c1-2-5-16(17(19)20)18-12-13-8-10-15(11-9-13)14-6-3-4-7-14/h8-11,14,16,18H,2-7,12H2,1H3,(H,19,20). The summed E-state index contributed by atoms with van der Waals surface area (Å²) in [6.45, 7) is 2.63. The molecule has 0 amide bonds. The maximum atomic E-state index is 11.1. The second-order valence-electron chi connectivity index (χ2n) is 5.78. The summed E-state index contributed by atoms with van der Waals surface area (Å²) in [6, 6.07) is 8.25. The van der Waals surface area contributed by atoms with Gasteiger partial charge >= 0.3 is 5.97 Å². The maximum Gasteiger partial charge on any atom is 0.320 e. The lowest BCUT2D eigenvalue weighted by molar-refractivity contribution is -0.139. The zero-order valence-corrected chi connectivity index (χ0v) is 12.3. The van der Waals surface area contributed by atoms with Crippen molar-refractivity contribution in [2.24, 2.45) is 0 Å². The Labute approximate surface area is 121 Å². The van der Waals surface area contributed by atoms with Crippen molar-refractivity contribution in [1.82, 2.24) is 5.32 Å². The Morgan fingerprint density at radius 2 is 1.95 bits per heavy atom. The molecule has 1 aliphatic rings. The van der Waals surface area contributed by atoms with Gasteiger partial charge in [0.1, 0.15) is 6.04 Å². The highest BCUT2D eigenvalue weighted by Gasteiger charge is 2.17. The van der Waals surface area contributed by atoms with E-state index in [0.717, 1.165) is 17.9 Å². The number of aliphatic carboxylic acids is 1. The minimum atomic E-state index is -0.755. The van der Waals surface area contributed by atoms with Crippen LogP contribution in [0, 0.1) is 0 Å².